The van der Waals surface area contributed by atoms with Gasteiger partial charge in [0.15, 0.2) is 0 Å². The highest BCUT2D eigenvalue weighted by Crippen LogP contribution is 2.49. The summed E-state index contributed by atoms with van der Waals surface area (Å²) in [5, 5.41) is 0. The number of isocyanates is 1. The van der Waals surface area contributed by atoms with Gasteiger partial charge in [-0.1, -0.05) is 6.07 Å². The van der Waals surface area contributed by atoms with Crippen LogP contribution in [0.15, 0.2) is 23.2 Å². The maximum atomic E-state index is 10.4. The van der Waals surface area contributed by atoms with E-state index >= 15 is 0 Å². The Bertz CT molecular complexity index is 469. The average Bonchev–Trinajstić information content (AvgIpc) is 3.02. The van der Waals surface area contributed by atoms with Crippen molar-refractivity contribution in [1.29, 1.82) is 0 Å². The van der Waals surface area contributed by atoms with Crippen LogP contribution in [-0.2, 0) is 10.3 Å². The zero-order valence-electron chi connectivity index (χ0n) is 10.5. The fraction of sp³-hybridized carbons (Fsp3) is 0.500. The molecule has 1 aliphatic carbocycles. The summed E-state index contributed by atoms with van der Waals surface area (Å²) in [5.41, 5.74) is 1.89. The fourth-order valence-electron chi connectivity index (χ4n) is 2.00. The number of benzene rings is 1. The summed E-state index contributed by atoms with van der Waals surface area (Å²) < 4.78 is 5.69. The van der Waals surface area contributed by atoms with Crippen LogP contribution in [-0.4, -0.2) is 12.2 Å². The van der Waals surface area contributed by atoms with Crippen molar-refractivity contribution >= 4 is 6.08 Å². The van der Waals surface area contributed by atoms with E-state index in [9.17, 15) is 4.79 Å². The molecule has 0 radical (unpaired) electrons. The van der Waals surface area contributed by atoms with Gasteiger partial charge in [-0.3, -0.25) is 0 Å². The molecule has 2 rings (SSSR count). The minimum absolute atomic E-state index is 0.169. The van der Waals surface area contributed by atoms with Crippen molar-refractivity contribution in [3.63, 3.8) is 0 Å². The molecule has 0 aromatic heterocycles. The highest BCUT2D eigenvalue weighted by Gasteiger charge is 2.44. The Morgan fingerprint density at radius 3 is 2.59 bits per heavy atom. The van der Waals surface area contributed by atoms with Crippen molar-refractivity contribution in [3.05, 3.63) is 29.3 Å². The van der Waals surface area contributed by atoms with Crippen molar-refractivity contribution in [3.8, 4) is 5.75 Å². The van der Waals surface area contributed by atoms with Crippen LogP contribution >= 0.6 is 0 Å². The first kappa shape index (κ1) is 11.9. The second-order valence-corrected chi connectivity index (χ2v) is 4.88. The van der Waals surface area contributed by atoms with E-state index in [1.165, 1.54) is 0 Å². The second-order valence-electron chi connectivity index (χ2n) is 4.88. The number of hydrogen-bond donors (Lipinski definition) is 0. The molecule has 0 aliphatic heterocycles. The number of nitrogens with zero attached hydrogens (tertiary/aromatic N) is 1. The molecule has 0 atom stereocenters. The van der Waals surface area contributed by atoms with E-state index in [-0.39, 0.29) is 11.6 Å². The molecule has 0 unspecified atom stereocenters. The van der Waals surface area contributed by atoms with Crippen LogP contribution in [0.4, 0.5) is 0 Å². The van der Waals surface area contributed by atoms with Crippen LogP contribution in [0.1, 0.15) is 37.8 Å². The van der Waals surface area contributed by atoms with Crippen LogP contribution in [0.25, 0.3) is 0 Å². The predicted molar refractivity (Wildman–Crippen MR) is 66.0 cm³/mol. The summed E-state index contributed by atoms with van der Waals surface area (Å²) in [6, 6.07) is 6.02. The maximum Gasteiger partial charge on any atom is 0.235 e. The zero-order chi connectivity index (χ0) is 12.5. The Balaban J connectivity index is 2.28. The van der Waals surface area contributed by atoms with Crippen LogP contribution < -0.4 is 4.74 Å². The molecule has 0 bridgehead atoms. The Hall–Kier alpha value is -1.60. The van der Waals surface area contributed by atoms with Gasteiger partial charge in [0.2, 0.25) is 6.08 Å². The molecule has 1 aliphatic rings. The van der Waals surface area contributed by atoms with Crippen molar-refractivity contribution in [2.24, 2.45) is 4.99 Å². The minimum atomic E-state index is -0.289. The molecule has 17 heavy (non-hydrogen) atoms. The number of hydrogen-bond acceptors (Lipinski definition) is 3. The van der Waals surface area contributed by atoms with Crippen molar-refractivity contribution < 1.29 is 9.53 Å². The zero-order valence-corrected chi connectivity index (χ0v) is 10.5. The lowest BCUT2D eigenvalue weighted by molar-refractivity contribution is 0.240. The van der Waals surface area contributed by atoms with Gasteiger partial charge in [0.1, 0.15) is 5.75 Å². The molecule has 1 aromatic rings. The standard InChI is InChI=1S/C14H17NO2/c1-10(2)17-13-5-4-12(8-11(13)3)14(6-7-14)15-9-16/h4-5,8,10H,6-7H2,1-3H3. The lowest BCUT2D eigenvalue weighted by Gasteiger charge is -2.15. The third-order valence-electron chi connectivity index (χ3n) is 3.06. The first-order valence-corrected chi connectivity index (χ1v) is 5.94. The third-order valence-corrected chi connectivity index (χ3v) is 3.06. The summed E-state index contributed by atoms with van der Waals surface area (Å²) in [7, 11) is 0. The van der Waals surface area contributed by atoms with Gasteiger partial charge in [-0.2, -0.15) is 4.99 Å². The van der Waals surface area contributed by atoms with E-state index in [1.807, 2.05) is 32.9 Å². The number of rotatable bonds is 4. The maximum absolute atomic E-state index is 10.4. The molecule has 0 N–H and O–H groups in total. The first-order valence-electron chi connectivity index (χ1n) is 5.94. The van der Waals surface area contributed by atoms with Gasteiger partial charge < -0.3 is 4.74 Å². The smallest absolute Gasteiger partial charge is 0.235 e. The quantitative estimate of drug-likeness (QED) is 0.590. The van der Waals surface area contributed by atoms with Gasteiger partial charge in [0, 0.05) is 0 Å². The molecular weight excluding hydrogens is 214 g/mol. The molecule has 3 heteroatoms. The van der Waals surface area contributed by atoms with E-state index in [1.54, 1.807) is 6.08 Å². The molecule has 3 nitrogen and oxygen atoms in total. The largest absolute Gasteiger partial charge is 0.491 e. The molecule has 0 spiro atoms. The third kappa shape index (κ3) is 2.40. The van der Waals surface area contributed by atoms with Crippen molar-refractivity contribution in [2.45, 2.75) is 45.3 Å². The van der Waals surface area contributed by atoms with Gasteiger partial charge in [-0.15, -0.1) is 0 Å². The summed E-state index contributed by atoms with van der Waals surface area (Å²) in [4.78, 5) is 14.3. The highest BCUT2D eigenvalue weighted by molar-refractivity contribution is 5.45. The topological polar surface area (TPSA) is 38.7 Å². The van der Waals surface area contributed by atoms with Gasteiger partial charge in [-0.25, -0.2) is 4.79 Å². The first-order chi connectivity index (χ1) is 8.07. The Morgan fingerprint density at radius 1 is 1.41 bits per heavy atom. The normalized spacial score (nSPS) is 16.5. The summed E-state index contributed by atoms with van der Waals surface area (Å²) in [5.74, 6) is 0.898. The Morgan fingerprint density at radius 2 is 2.12 bits per heavy atom. The van der Waals surface area contributed by atoms with Crippen LogP contribution in [0.2, 0.25) is 0 Å². The number of aliphatic imine (C=N–C) groups is 1. The summed E-state index contributed by atoms with van der Waals surface area (Å²) >= 11 is 0. The van der Waals surface area contributed by atoms with Gasteiger partial charge in [0.25, 0.3) is 0 Å². The number of carbonyl (C=O) groups excluding carboxylic acids is 1. The molecule has 0 saturated heterocycles. The van der Waals surface area contributed by atoms with Crippen LogP contribution in [0, 0.1) is 6.92 Å². The van der Waals surface area contributed by atoms with E-state index in [0.717, 1.165) is 29.7 Å². The van der Waals surface area contributed by atoms with Crippen LogP contribution in [0.3, 0.4) is 0 Å². The van der Waals surface area contributed by atoms with Crippen LogP contribution in [0.5, 0.6) is 5.75 Å². The second kappa shape index (κ2) is 4.34. The fourth-order valence-corrected chi connectivity index (χ4v) is 2.00. The van der Waals surface area contributed by atoms with Gasteiger partial charge in [0.05, 0.1) is 11.6 Å². The summed E-state index contributed by atoms with van der Waals surface area (Å²) in [6.07, 6.45) is 3.72. The molecule has 0 amide bonds. The van der Waals surface area contributed by atoms with E-state index in [2.05, 4.69) is 11.1 Å². The van der Waals surface area contributed by atoms with E-state index < -0.39 is 0 Å². The monoisotopic (exact) mass is 231 g/mol. The molecule has 1 fully saturated rings. The lowest BCUT2D eigenvalue weighted by atomic mass is 10.0. The molecule has 1 aromatic carbocycles. The molecule has 0 heterocycles. The number of aryl methyl sites for hydroxylation is 1. The number of ether oxygens (including phenoxy) is 1. The van der Waals surface area contributed by atoms with Crippen molar-refractivity contribution in [2.75, 3.05) is 0 Å². The molecule has 1 saturated carbocycles. The SMILES string of the molecule is Cc1cc(C2(N=C=O)CC2)ccc1OC(C)C. The van der Waals surface area contributed by atoms with E-state index in [0.29, 0.717) is 0 Å². The highest BCUT2D eigenvalue weighted by atomic mass is 16.5. The lowest BCUT2D eigenvalue weighted by Crippen LogP contribution is -2.08. The Kier molecular flexibility index (Phi) is 3.03. The molecular formula is C14H17NO2. The van der Waals surface area contributed by atoms with E-state index in [4.69, 9.17) is 4.74 Å². The molecule has 90 valence electrons. The Labute approximate surface area is 102 Å². The summed E-state index contributed by atoms with van der Waals surface area (Å²) in [6.45, 7) is 6.03. The van der Waals surface area contributed by atoms with Gasteiger partial charge in [-0.05, 0) is 56.9 Å². The average molecular weight is 231 g/mol. The minimum Gasteiger partial charge on any atom is -0.491 e. The van der Waals surface area contributed by atoms with Crippen molar-refractivity contribution in [1.82, 2.24) is 0 Å². The predicted octanol–water partition coefficient (Wildman–Crippen LogP) is 3.11. The van der Waals surface area contributed by atoms with Gasteiger partial charge >= 0.3 is 0 Å².